The van der Waals surface area contributed by atoms with Crippen LogP contribution in [0.5, 0.6) is 5.75 Å². The number of halogens is 1. The second-order valence-electron chi connectivity index (χ2n) is 5.98. The molecule has 1 aromatic carbocycles. The lowest BCUT2D eigenvalue weighted by Gasteiger charge is -2.13. The van der Waals surface area contributed by atoms with Gasteiger partial charge in [0.1, 0.15) is 12.4 Å². The summed E-state index contributed by atoms with van der Waals surface area (Å²) in [6.07, 6.45) is 1.32. The standard InChI is InChI=1S/C19H32N4O2.HI/c1-5-16(4)23-18(24)11-12-21-19(20-6-2)22-13-14-25-17-9-7-15(3)8-10-17;/h7-10,16H,5-6,11-14H2,1-4H3,(H,23,24)(H2,20,21,22);1H. The zero-order chi connectivity index (χ0) is 18.5. The summed E-state index contributed by atoms with van der Waals surface area (Å²) in [7, 11) is 0. The maximum Gasteiger partial charge on any atom is 0.222 e. The number of carbonyl (C=O) groups excluding carboxylic acids is 1. The minimum absolute atomic E-state index is 0. The van der Waals surface area contributed by atoms with Crippen molar-refractivity contribution in [3.05, 3.63) is 29.8 Å². The van der Waals surface area contributed by atoms with Crippen molar-refractivity contribution in [2.45, 2.75) is 46.6 Å². The summed E-state index contributed by atoms with van der Waals surface area (Å²) >= 11 is 0. The van der Waals surface area contributed by atoms with Crippen LogP contribution in [0, 0.1) is 6.92 Å². The molecule has 3 N–H and O–H groups in total. The highest BCUT2D eigenvalue weighted by molar-refractivity contribution is 14.0. The van der Waals surface area contributed by atoms with Crippen molar-refractivity contribution in [1.82, 2.24) is 16.0 Å². The number of aryl methyl sites for hydroxylation is 1. The molecule has 148 valence electrons. The van der Waals surface area contributed by atoms with E-state index < -0.39 is 0 Å². The van der Waals surface area contributed by atoms with Gasteiger partial charge in [-0.1, -0.05) is 24.6 Å². The first-order valence-electron chi connectivity index (χ1n) is 9.06. The summed E-state index contributed by atoms with van der Waals surface area (Å²) in [5.74, 6) is 1.60. The predicted octanol–water partition coefficient (Wildman–Crippen LogP) is 2.85. The monoisotopic (exact) mass is 476 g/mol. The molecule has 1 aromatic rings. The maximum atomic E-state index is 11.8. The molecule has 7 heteroatoms. The summed E-state index contributed by atoms with van der Waals surface area (Å²) in [5.41, 5.74) is 1.21. The van der Waals surface area contributed by atoms with E-state index in [0.717, 1.165) is 18.7 Å². The van der Waals surface area contributed by atoms with Gasteiger partial charge in [-0.25, -0.2) is 0 Å². The average molecular weight is 476 g/mol. The van der Waals surface area contributed by atoms with Crippen LogP contribution in [0.3, 0.4) is 0 Å². The van der Waals surface area contributed by atoms with E-state index in [1.54, 1.807) is 0 Å². The zero-order valence-corrected chi connectivity index (χ0v) is 18.6. The van der Waals surface area contributed by atoms with Gasteiger partial charge in [0.25, 0.3) is 0 Å². The molecule has 1 rings (SSSR count). The van der Waals surface area contributed by atoms with Crippen molar-refractivity contribution in [3.63, 3.8) is 0 Å². The van der Waals surface area contributed by atoms with E-state index in [1.807, 2.05) is 45.0 Å². The molecule has 0 aliphatic heterocycles. The molecule has 0 aliphatic rings. The van der Waals surface area contributed by atoms with Gasteiger partial charge in [0.15, 0.2) is 5.96 Å². The van der Waals surface area contributed by atoms with Gasteiger partial charge in [-0.05, 0) is 39.3 Å². The van der Waals surface area contributed by atoms with Crippen molar-refractivity contribution in [3.8, 4) is 5.75 Å². The lowest BCUT2D eigenvalue weighted by atomic mass is 10.2. The van der Waals surface area contributed by atoms with E-state index in [2.05, 4.69) is 27.9 Å². The second kappa shape index (κ2) is 14.6. The quantitative estimate of drug-likeness (QED) is 0.210. The maximum absolute atomic E-state index is 11.8. The van der Waals surface area contributed by atoms with Crippen molar-refractivity contribution >= 4 is 35.8 Å². The van der Waals surface area contributed by atoms with Crippen molar-refractivity contribution in [1.29, 1.82) is 0 Å². The summed E-state index contributed by atoms with van der Waals surface area (Å²) in [6, 6.07) is 8.19. The molecule has 0 radical (unpaired) electrons. The van der Waals surface area contributed by atoms with E-state index in [4.69, 9.17) is 4.74 Å². The molecule has 0 aliphatic carbocycles. The van der Waals surface area contributed by atoms with E-state index >= 15 is 0 Å². The Morgan fingerprint density at radius 2 is 1.88 bits per heavy atom. The van der Waals surface area contributed by atoms with Gasteiger partial charge in [0, 0.05) is 19.0 Å². The number of amides is 1. The molecule has 0 heterocycles. The normalized spacial score (nSPS) is 11.9. The summed E-state index contributed by atoms with van der Waals surface area (Å²) < 4.78 is 5.68. The molecule has 1 unspecified atom stereocenters. The van der Waals surface area contributed by atoms with Crippen molar-refractivity contribution in [2.24, 2.45) is 4.99 Å². The van der Waals surface area contributed by atoms with Gasteiger partial charge in [0.05, 0.1) is 13.1 Å². The van der Waals surface area contributed by atoms with Crippen molar-refractivity contribution < 1.29 is 9.53 Å². The highest BCUT2D eigenvalue weighted by Crippen LogP contribution is 2.10. The van der Waals surface area contributed by atoms with Gasteiger partial charge >= 0.3 is 0 Å². The van der Waals surface area contributed by atoms with Gasteiger partial charge < -0.3 is 20.7 Å². The first-order valence-corrected chi connectivity index (χ1v) is 9.06. The predicted molar refractivity (Wildman–Crippen MR) is 119 cm³/mol. The van der Waals surface area contributed by atoms with Crippen LogP contribution < -0.4 is 20.7 Å². The minimum Gasteiger partial charge on any atom is -0.492 e. The van der Waals surface area contributed by atoms with E-state index in [9.17, 15) is 4.79 Å². The molecule has 0 spiro atoms. The van der Waals surface area contributed by atoms with Crippen LogP contribution in [-0.2, 0) is 4.79 Å². The molecule has 1 atom stereocenters. The smallest absolute Gasteiger partial charge is 0.222 e. The molecular formula is C19H33IN4O2. The van der Waals surface area contributed by atoms with E-state index in [0.29, 0.717) is 32.1 Å². The fourth-order valence-electron chi connectivity index (χ4n) is 2.03. The first-order chi connectivity index (χ1) is 12.0. The Kier molecular flexibility index (Phi) is 13.8. The first kappa shape index (κ1) is 24.5. The largest absolute Gasteiger partial charge is 0.492 e. The number of aliphatic imine (C=N–C) groups is 1. The Hall–Kier alpha value is -1.51. The second-order valence-corrected chi connectivity index (χ2v) is 5.98. The van der Waals surface area contributed by atoms with E-state index in [-0.39, 0.29) is 35.9 Å². The Morgan fingerprint density at radius 3 is 2.50 bits per heavy atom. The Labute approximate surface area is 174 Å². The zero-order valence-electron chi connectivity index (χ0n) is 16.3. The van der Waals surface area contributed by atoms with Gasteiger partial charge in [0.2, 0.25) is 5.91 Å². The highest BCUT2D eigenvalue weighted by atomic mass is 127. The lowest BCUT2D eigenvalue weighted by Crippen LogP contribution is -2.39. The number of carbonyl (C=O) groups is 1. The van der Waals surface area contributed by atoms with Crippen LogP contribution in [-0.4, -0.2) is 44.1 Å². The van der Waals surface area contributed by atoms with Crippen LogP contribution in [0.1, 0.15) is 39.2 Å². The third kappa shape index (κ3) is 11.2. The van der Waals surface area contributed by atoms with Crippen LogP contribution in [0.15, 0.2) is 29.3 Å². The number of benzene rings is 1. The van der Waals surface area contributed by atoms with Crippen LogP contribution in [0.25, 0.3) is 0 Å². The summed E-state index contributed by atoms with van der Waals surface area (Å²) in [6.45, 7) is 10.5. The third-order valence-corrected chi connectivity index (χ3v) is 3.66. The van der Waals surface area contributed by atoms with Crippen LogP contribution in [0.4, 0.5) is 0 Å². The lowest BCUT2D eigenvalue weighted by molar-refractivity contribution is -0.121. The van der Waals surface area contributed by atoms with Gasteiger partial charge in [-0.15, -0.1) is 24.0 Å². The minimum atomic E-state index is 0. The number of hydrogen-bond acceptors (Lipinski definition) is 3. The Morgan fingerprint density at radius 1 is 1.19 bits per heavy atom. The topological polar surface area (TPSA) is 74.8 Å². The number of nitrogens with one attached hydrogen (secondary N) is 3. The van der Waals surface area contributed by atoms with Crippen LogP contribution in [0.2, 0.25) is 0 Å². The van der Waals surface area contributed by atoms with Gasteiger partial charge in [-0.3, -0.25) is 9.79 Å². The molecule has 0 saturated carbocycles. The van der Waals surface area contributed by atoms with Crippen molar-refractivity contribution in [2.75, 3.05) is 26.2 Å². The fourth-order valence-corrected chi connectivity index (χ4v) is 2.03. The number of nitrogens with zero attached hydrogens (tertiary/aromatic N) is 1. The SMILES string of the molecule is CCNC(=NCCC(=O)NC(C)CC)NCCOc1ccc(C)cc1.I. The van der Waals surface area contributed by atoms with Crippen LogP contribution >= 0.6 is 24.0 Å². The summed E-state index contributed by atoms with van der Waals surface area (Å²) in [5, 5.41) is 9.32. The highest BCUT2D eigenvalue weighted by Gasteiger charge is 2.05. The average Bonchev–Trinajstić information content (AvgIpc) is 2.60. The Balaban J connectivity index is 0.00000625. The third-order valence-electron chi connectivity index (χ3n) is 3.66. The van der Waals surface area contributed by atoms with Gasteiger partial charge in [-0.2, -0.15) is 0 Å². The molecule has 0 saturated heterocycles. The van der Waals surface area contributed by atoms with E-state index in [1.165, 1.54) is 5.56 Å². The molecular weight excluding hydrogens is 443 g/mol. The number of rotatable bonds is 10. The molecule has 1 amide bonds. The number of guanidine groups is 1. The number of hydrogen-bond donors (Lipinski definition) is 3. The number of ether oxygens (including phenoxy) is 1. The molecule has 0 fully saturated rings. The molecule has 6 nitrogen and oxygen atoms in total. The summed E-state index contributed by atoms with van der Waals surface area (Å²) in [4.78, 5) is 16.2. The Bertz CT molecular complexity index is 535. The molecule has 0 aromatic heterocycles. The molecule has 26 heavy (non-hydrogen) atoms. The molecule has 0 bridgehead atoms. The fraction of sp³-hybridized carbons (Fsp3) is 0.579.